The van der Waals surface area contributed by atoms with Gasteiger partial charge in [-0.05, 0) is 18.4 Å². The quantitative estimate of drug-likeness (QED) is 0.755. The Kier molecular flexibility index (Phi) is 4.22. The van der Waals surface area contributed by atoms with E-state index in [0.717, 1.165) is 18.4 Å². The molecule has 3 nitrogen and oxygen atoms in total. The maximum absolute atomic E-state index is 12.2. The summed E-state index contributed by atoms with van der Waals surface area (Å²) in [6, 6.07) is 9.73. The molecule has 5 heteroatoms. The van der Waals surface area contributed by atoms with Crippen LogP contribution in [0.1, 0.15) is 18.4 Å². The number of alkyl halides is 1. The second-order valence-electron chi connectivity index (χ2n) is 4.25. The Bertz CT molecular complexity index is 457. The zero-order valence-electron chi connectivity index (χ0n) is 9.55. The van der Waals surface area contributed by atoms with E-state index in [2.05, 4.69) is 15.9 Å². The summed E-state index contributed by atoms with van der Waals surface area (Å²) < 4.78 is 26.0. The van der Waals surface area contributed by atoms with Crippen LogP contribution in [0.25, 0.3) is 0 Å². The Labute approximate surface area is 111 Å². The molecule has 1 aliphatic carbocycles. The van der Waals surface area contributed by atoms with Crippen molar-refractivity contribution in [3.8, 4) is 0 Å². The van der Waals surface area contributed by atoms with E-state index in [0.29, 0.717) is 18.4 Å². The first-order chi connectivity index (χ1) is 8.14. The van der Waals surface area contributed by atoms with Gasteiger partial charge >= 0.3 is 0 Å². The summed E-state index contributed by atoms with van der Waals surface area (Å²) in [6.07, 6.45) is 1.63. The van der Waals surface area contributed by atoms with E-state index in [1.165, 1.54) is 0 Å². The van der Waals surface area contributed by atoms with Gasteiger partial charge < -0.3 is 0 Å². The number of benzene rings is 1. The van der Waals surface area contributed by atoms with Gasteiger partial charge in [-0.25, -0.2) is 8.42 Å². The molecule has 0 aliphatic heterocycles. The van der Waals surface area contributed by atoms with Crippen molar-refractivity contribution < 1.29 is 8.42 Å². The Hall–Kier alpha value is -0.390. The molecule has 0 spiro atoms. The summed E-state index contributed by atoms with van der Waals surface area (Å²) >= 11 is 3.32. The van der Waals surface area contributed by atoms with Gasteiger partial charge in [0.2, 0.25) is 10.0 Å². The molecule has 94 valence electrons. The molecule has 1 saturated carbocycles. The van der Waals surface area contributed by atoms with Gasteiger partial charge in [-0.2, -0.15) is 4.31 Å². The molecule has 0 saturated heterocycles. The van der Waals surface area contributed by atoms with Gasteiger partial charge in [-0.15, -0.1) is 0 Å². The molecule has 1 aromatic rings. The van der Waals surface area contributed by atoms with E-state index >= 15 is 0 Å². The molecule has 0 bridgehead atoms. The zero-order chi connectivity index (χ0) is 12.3. The smallest absolute Gasteiger partial charge is 0.212 e. The molecule has 0 unspecified atom stereocenters. The number of hydrogen-bond donors (Lipinski definition) is 0. The van der Waals surface area contributed by atoms with Gasteiger partial charge in [0.1, 0.15) is 0 Å². The molecule has 0 heterocycles. The SMILES string of the molecule is O=S(=O)(C1CC1)N(CCBr)Cc1ccccc1. The summed E-state index contributed by atoms with van der Waals surface area (Å²) in [7, 11) is -3.08. The number of hydrogen-bond acceptors (Lipinski definition) is 2. The van der Waals surface area contributed by atoms with Gasteiger partial charge in [0.15, 0.2) is 0 Å². The van der Waals surface area contributed by atoms with Crippen LogP contribution in [0, 0.1) is 0 Å². The summed E-state index contributed by atoms with van der Waals surface area (Å²) in [5, 5.41) is 0.538. The average molecular weight is 318 g/mol. The molecule has 2 rings (SSSR count). The fraction of sp³-hybridized carbons (Fsp3) is 0.500. The van der Waals surface area contributed by atoms with Crippen molar-refractivity contribution in [2.45, 2.75) is 24.6 Å². The monoisotopic (exact) mass is 317 g/mol. The summed E-state index contributed by atoms with van der Waals surface area (Å²) in [5.74, 6) is 0. The molecule has 17 heavy (non-hydrogen) atoms. The maximum Gasteiger partial charge on any atom is 0.217 e. The molecular formula is C12H16BrNO2S. The van der Waals surface area contributed by atoms with Crippen LogP contribution in [0.2, 0.25) is 0 Å². The largest absolute Gasteiger partial charge is 0.217 e. The van der Waals surface area contributed by atoms with E-state index in [-0.39, 0.29) is 5.25 Å². The first kappa shape index (κ1) is 13.1. The Morgan fingerprint density at radius 1 is 1.24 bits per heavy atom. The summed E-state index contributed by atoms with van der Waals surface area (Å²) in [4.78, 5) is 0. The van der Waals surface area contributed by atoms with Crippen molar-refractivity contribution in [1.29, 1.82) is 0 Å². The summed E-state index contributed by atoms with van der Waals surface area (Å²) in [5.41, 5.74) is 1.04. The summed E-state index contributed by atoms with van der Waals surface area (Å²) in [6.45, 7) is 1.01. The van der Waals surface area contributed by atoms with E-state index in [1.54, 1.807) is 4.31 Å². The lowest BCUT2D eigenvalue weighted by Gasteiger charge is -2.21. The highest BCUT2D eigenvalue weighted by Crippen LogP contribution is 2.31. The van der Waals surface area contributed by atoms with Gasteiger partial charge in [0, 0.05) is 18.4 Å². The minimum Gasteiger partial charge on any atom is -0.212 e. The number of sulfonamides is 1. The molecule has 1 fully saturated rings. The third kappa shape index (κ3) is 3.30. The molecule has 0 aromatic heterocycles. The standard InChI is InChI=1S/C12H16BrNO2S/c13-8-9-14(17(15,16)12-6-7-12)10-11-4-2-1-3-5-11/h1-5,12H,6-10H2. The lowest BCUT2D eigenvalue weighted by atomic mass is 10.2. The van der Waals surface area contributed by atoms with Crippen molar-refractivity contribution in [2.24, 2.45) is 0 Å². The van der Waals surface area contributed by atoms with Crippen molar-refractivity contribution >= 4 is 26.0 Å². The van der Waals surface area contributed by atoms with Crippen molar-refractivity contribution in [3.05, 3.63) is 35.9 Å². The van der Waals surface area contributed by atoms with Gasteiger partial charge in [0.25, 0.3) is 0 Å². The van der Waals surface area contributed by atoms with Crippen LogP contribution in [-0.4, -0.2) is 29.8 Å². The van der Waals surface area contributed by atoms with Crippen molar-refractivity contribution in [1.82, 2.24) is 4.31 Å². The molecule has 0 amide bonds. The molecule has 1 aromatic carbocycles. The lowest BCUT2D eigenvalue weighted by molar-refractivity contribution is 0.425. The van der Waals surface area contributed by atoms with Gasteiger partial charge in [-0.3, -0.25) is 0 Å². The van der Waals surface area contributed by atoms with Crippen LogP contribution in [0.15, 0.2) is 30.3 Å². The van der Waals surface area contributed by atoms with Crippen molar-refractivity contribution in [3.63, 3.8) is 0 Å². The molecular weight excluding hydrogens is 302 g/mol. The maximum atomic E-state index is 12.2. The topological polar surface area (TPSA) is 37.4 Å². The lowest BCUT2D eigenvalue weighted by Crippen LogP contribution is -2.34. The molecule has 0 N–H and O–H groups in total. The van der Waals surface area contributed by atoms with E-state index < -0.39 is 10.0 Å². The highest BCUT2D eigenvalue weighted by Gasteiger charge is 2.39. The van der Waals surface area contributed by atoms with Crippen LogP contribution in [-0.2, 0) is 16.6 Å². The van der Waals surface area contributed by atoms with Crippen molar-refractivity contribution in [2.75, 3.05) is 11.9 Å². The molecule has 1 aliphatic rings. The number of nitrogens with zero attached hydrogens (tertiary/aromatic N) is 1. The highest BCUT2D eigenvalue weighted by atomic mass is 79.9. The minimum atomic E-state index is -3.08. The minimum absolute atomic E-state index is 0.134. The fourth-order valence-electron chi connectivity index (χ4n) is 1.75. The predicted molar refractivity (Wildman–Crippen MR) is 72.6 cm³/mol. The van der Waals surface area contributed by atoms with Gasteiger partial charge in [0.05, 0.1) is 5.25 Å². The van der Waals surface area contributed by atoms with Crippen LogP contribution >= 0.6 is 15.9 Å². The Morgan fingerprint density at radius 3 is 2.41 bits per heavy atom. The molecule has 0 radical (unpaired) electrons. The number of rotatable bonds is 6. The highest BCUT2D eigenvalue weighted by molar-refractivity contribution is 9.09. The third-order valence-corrected chi connectivity index (χ3v) is 5.54. The van der Waals surface area contributed by atoms with E-state index in [4.69, 9.17) is 0 Å². The first-order valence-corrected chi connectivity index (χ1v) is 8.36. The third-order valence-electron chi connectivity index (χ3n) is 2.84. The molecule has 0 atom stereocenters. The zero-order valence-corrected chi connectivity index (χ0v) is 12.0. The van der Waals surface area contributed by atoms with E-state index in [9.17, 15) is 8.42 Å². The van der Waals surface area contributed by atoms with Crippen LogP contribution in [0.5, 0.6) is 0 Å². The van der Waals surface area contributed by atoms with Crippen LogP contribution in [0.4, 0.5) is 0 Å². The van der Waals surface area contributed by atoms with Crippen LogP contribution in [0.3, 0.4) is 0 Å². The average Bonchev–Trinajstić information content (AvgIpc) is 3.14. The van der Waals surface area contributed by atoms with E-state index in [1.807, 2.05) is 30.3 Å². The Balaban J connectivity index is 2.12. The predicted octanol–water partition coefficient (Wildman–Crippen LogP) is 2.38. The second kappa shape index (κ2) is 5.50. The second-order valence-corrected chi connectivity index (χ2v) is 7.26. The normalized spacial score (nSPS) is 16.4. The number of halogens is 1. The van der Waals surface area contributed by atoms with Crippen LogP contribution < -0.4 is 0 Å². The van der Waals surface area contributed by atoms with Gasteiger partial charge in [-0.1, -0.05) is 46.3 Å². The first-order valence-electron chi connectivity index (χ1n) is 5.73. The Morgan fingerprint density at radius 2 is 1.88 bits per heavy atom. The fourth-order valence-corrected chi connectivity index (χ4v) is 4.25.